The van der Waals surface area contributed by atoms with Crippen LogP contribution in [0, 0.1) is 5.82 Å². The lowest BCUT2D eigenvalue weighted by atomic mass is 9.83. The molecule has 2 atom stereocenters. The lowest BCUT2D eigenvalue weighted by molar-refractivity contribution is -0.116. The van der Waals surface area contributed by atoms with E-state index < -0.39 is 11.8 Å². The van der Waals surface area contributed by atoms with Crippen molar-refractivity contribution in [2.75, 3.05) is 11.9 Å². The van der Waals surface area contributed by atoms with E-state index in [4.69, 9.17) is 11.5 Å². The Kier molecular flexibility index (Phi) is 5.48. The number of rotatable bonds is 6. The zero-order valence-electron chi connectivity index (χ0n) is 16.9. The van der Waals surface area contributed by atoms with Crippen molar-refractivity contribution in [2.24, 2.45) is 11.5 Å². The average Bonchev–Trinajstić information content (AvgIpc) is 3.05. The first kappa shape index (κ1) is 20.6. The van der Waals surface area contributed by atoms with Crippen LogP contribution in [0.3, 0.4) is 0 Å². The van der Waals surface area contributed by atoms with Crippen molar-refractivity contribution in [3.05, 3.63) is 76.9 Å². The average molecular weight is 419 g/mol. The SMILES string of the molecule is CC1C(=O)Nc2ncnc(-c3cccc(C(N)=O)c3[C@@H](CN)Cc3cccc(F)c3)c21. The van der Waals surface area contributed by atoms with Crippen LogP contribution < -0.4 is 16.8 Å². The summed E-state index contributed by atoms with van der Waals surface area (Å²) >= 11 is 0. The predicted octanol–water partition coefficient (Wildman–Crippen LogP) is 2.72. The van der Waals surface area contributed by atoms with Crippen molar-refractivity contribution >= 4 is 17.6 Å². The second-order valence-corrected chi connectivity index (χ2v) is 7.59. The molecule has 158 valence electrons. The quantitative estimate of drug-likeness (QED) is 0.567. The number of fused-ring (bicyclic) bond motifs is 1. The number of benzene rings is 2. The number of hydrogen-bond donors (Lipinski definition) is 3. The van der Waals surface area contributed by atoms with E-state index in [-0.39, 0.29) is 24.2 Å². The normalized spacial score (nSPS) is 16.0. The lowest BCUT2D eigenvalue weighted by Gasteiger charge is -2.23. The maximum absolute atomic E-state index is 13.7. The highest BCUT2D eigenvalue weighted by Gasteiger charge is 2.33. The number of nitrogens with zero attached hydrogens (tertiary/aromatic N) is 2. The van der Waals surface area contributed by atoms with Crippen molar-refractivity contribution < 1.29 is 14.0 Å². The van der Waals surface area contributed by atoms with Gasteiger partial charge < -0.3 is 16.8 Å². The summed E-state index contributed by atoms with van der Waals surface area (Å²) in [4.78, 5) is 33.2. The number of nitrogens with one attached hydrogen (secondary N) is 1. The third kappa shape index (κ3) is 3.77. The molecule has 4 rings (SSSR count). The van der Waals surface area contributed by atoms with Gasteiger partial charge in [-0.15, -0.1) is 0 Å². The third-order valence-corrected chi connectivity index (χ3v) is 5.64. The van der Waals surface area contributed by atoms with Gasteiger partial charge in [0.1, 0.15) is 18.0 Å². The van der Waals surface area contributed by atoms with Crippen molar-refractivity contribution in [2.45, 2.75) is 25.2 Å². The van der Waals surface area contributed by atoms with E-state index in [0.29, 0.717) is 40.2 Å². The minimum Gasteiger partial charge on any atom is -0.366 e. The monoisotopic (exact) mass is 419 g/mol. The summed E-state index contributed by atoms with van der Waals surface area (Å²) in [6.07, 6.45) is 1.78. The number of carbonyl (C=O) groups excluding carboxylic acids is 2. The fourth-order valence-corrected chi connectivity index (χ4v) is 4.15. The first-order valence-electron chi connectivity index (χ1n) is 9.94. The van der Waals surface area contributed by atoms with Gasteiger partial charge in [-0.25, -0.2) is 14.4 Å². The molecule has 0 aliphatic carbocycles. The molecule has 31 heavy (non-hydrogen) atoms. The summed E-state index contributed by atoms with van der Waals surface area (Å²) in [5, 5.41) is 2.76. The second-order valence-electron chi connectivity index (χ2n) is 7.59. The van der Waals surface area contributed by atoms with Gasteiger partial charge in [0.2, 0.25) is 11.8 Å². The highest BCUT2D eigenvalue weighted by Crippen LogP contribution is 2.41. The van der Waals surface area contributed by atoms with E-state index in [1.54, 1.807) is 25.1 Å². The van der Waals surface area contributed by atoms with Crippen LogP contribution in [0.15, 0.2) is 48.8 Å². The van der Waals surface area contributed by atoms with E-state index in [9.17, 15) is 14.0 Å². The Hall–Kier alpha value is -3.65. The number of halogens is 1. The Balaban J connectivity index is 1.90. The molecule has 0 saturated carbocycles. The van der Waals surface area contributed by atoms with Crippen LogP contribution >= 0.6 is 0 Å². The van der Waals surface area contributed by atoms with Crippen LogP contribution in [0.4, 0.5) is 10.2 Å². The molecule has 0 saturated heterocycles. The van der Waals surface area contributed by atoms with Gasteiger partial charge in [-0.2, -0.15) is 0 Å². The summed E-state index contributed by atoms with van der Waals surface area (Å²) in [7, 11) is 0. The molecule has 3 aromatic rings. The highest BCUT2D eigenvalue weighted by molar-refractivity contribution is 6.04. The fraction of sp³-hybridized carbons (Fsp3) is 0.217. The molecule has 5 N–H and O–H groups in total. The van der Waals surface area contributed by atoms with Gasteiger partial charge in [0.25, 0.3) is 0 Å². The number of carbonyl (C=O) groups is 2. The molecule has 1 aliphatic heterocycles. The summed E-state index contributed by atoms with van der Waals surface area (Å²) in [5.74, 6) is -1.43. The van der Waals surface area contributed by atoms with Gasteiger partial charge in [0, 0.05) is 22.6 Å². The van der Waals surface area contributed by atoms with Crippen molar-refractivity contribution in [3.8, 4) is 11.3 Å². The summed E-state index contributed by atoms with van der Waals surface area (Å²) in [6, 6.07) is 11.5. The Bertz CT molecular complexity index is 1180. The molecule has 2 aromatic carbocycles. The predicted molar refractivity (Wildman–Crippen MR) is 115 cm³/mol. The first-order valence-corrected chi connectivity index (χ1v) is 9.94. The number of primary amides is 1. The zero-order chi connectivity index (χ0) is 22.1. The topological polar surface area (TPSA) is 124 Å². The maximum atomic E-state index is 13.7. The van der Waals surface area contributed by atoms with Crippen molar-refractivity contribution in [1.29, 1.82) is 0 Å². The van der Waals surface area contributed by atoms with Crippen molar-refractivity contribution in [3.63, 3.8) is 0 Å². The molecule has 0 bridgehead atoms. The van der Waals surface area contributed by atoms with Crippen LogP contribution in [0.5, 0.6) is 0 Å². The van der Waals surface area contributed by atoms with Crippen LogP contribution in [0.2, 0.25) is 0 Å². The molecular weight excluding hydrogens is 397 g/mol. The largest absolute Gasteiger partial charge is 0.366 e. The molecule has 0 spiro atoms. The van der Waals surface area contributed by atoms with Gasteiger partial charge in [-0.1, -0.05) is 24.3 Å². The minimum absolute atomic E-state index is 0.167. The summed E-state index contributed by atoms with van der Waals surface area (Å²) in [6.45, 7) is 1.98. The number of aromatic nitrogens is 2. The molecule has 1 unspecified atom stereocenters. The zero-order valence-corrected chi connectivity index (χ0v) is 16.9. The Morgan fingerprint density at radius 3 is 2.71 bits per heavy atom. The fourth-order valence-electron chi connectivity index (χ4n) is 4.15. The van der Waals surface area contributed by atoms with Gasteiger partial charge in [0.15, 0.2) is 0 Å². The second kappa shape index (κ2) is 8.23. The van der Waals surface area contributed by atoms with E-state index in [2.05, 4.69) is 15.3 Å². The number of hydrogen-bond acceptors (Lipinski definition) is 5. The van der Waals surface area contributed by atoms with E-state index in [0.717, 1.165) is 5.56 Å². The van der Waals surface area contributed by atoms with Crippen LogP contribution in [-0.4, -0.2) is 28.3 Å². The molecule has 2 heterocycles. The maximum Gasteiger partial charge on any atom is 0.249 e. The molecule has 8 heteroatoms. The van der Waals surface area contributed by atoms with Crippen LogP contribution in [0.1, 0.15) is 45.8 Å². The minimum atomic E-state index is -0.595. The summed E-state index contributed by atoms with van der Waals surface area (Å²) < 4.78 is 13.7. The molecule has 2 amide bonds. The lowest BCUT2D eigenvalue weighted by Crippen LogP contribution is -2.22. The number of amides is 2. The standard InChI is InChI=1S/C23H22FN5O2/c1-12-18-20(27-11-28-22(18)29-23(12)31)16-6-3-7-17(21(26)30)19(16)14(10-25)8-13-4-2-5-15(24)9-13/h2-7,9,11-12,14H,8,10,25H2,1H3,(H2,26,30)(H,27,28,29,31)/t12?,14-/m1/s1. The number of nitrogens with two attached hydrogens (primary N) is 2. The molecular formula is C23H22FN5O2. The van der Waals surface area contributed by atoms with Gasteiger partial charge in [0.05, 0.1) is 11.6 Å². The van der Waals surface area contributed by atoms with E-state index >= 15 is 0 Å². The van der Waals surface area contributed by atoms with Crippen LogP contribution in [-0.2, 0) is 11.2 Å². The van der Waals surface area contributed by atoms with Gasteiger partial charge in [-0.05, 0) is 49.2 Å². The molecule has 1 aromatic heterocycles. The smallest absolute Gasteiger partial charge is 0.249 e. The Morgan fingerprint density at radius 2 is 2.00 bits per heavy atom. The molecule has 7 nitrogen and oxygen atoms in total. The Labute approximate surface area is 178 Å². The molecule has 1 aliphatic rings. The Morgan fingerprint density at radius 1 is 1.23 bits per heavy atom. The van der Waals surface area contributed by atoms with Crippen molar-refractivity contribution in [1.82, 2.24) is 9.97 Å². The van der Waals surface area contributed by atoms with Crippen LogP contribution in [0.25, 0.3) is 11.3 Å². The first-order chi connectivity index (χ1) is 14.9. The highest BCUT2D eigenvalue weighted by atomic mass is 19.1. The van der Waals surface area contributed by atoms with E-state index in [1.807, 2.05) is 12.1 Å². The van der Waals surface area contributed by atoms with Gasteiger partial charge in [-0.3, -0.25) is 9.59 Å². The summed E-state index contributed by atoms with van der Waals surface area (Å²) in [5.41, 5.74) is 15.4. The van der Waals surface area contributed by atoms with E-state index in [1.165, 1.54) is 18.5 Å². The number of anilines is 1. The third-order valence-electron chi connectivity index (χ3n) is 5.64. The molecule has 0 radical (unpaired) electrons. The van der Waals surface area contributed by atoms with Gasteiger partial charge >= 0.3 is 0 Å². The molecule has 0 fully saturated rings.